The monoisotopic (exact) mass is 363 g/mol. The molecule has 0 fully saturated rings. The summed E-state index contributed by atoms with van der Waals surface area (Å²) in [5, 5.41) is 3.31. The van der Waals surface area contributed by atoms with Crippen molar-refractivity contribution >= 4 is 15.9 Å². The van der Waals surface area contributed by atoms with Gasteiger partial charge in [-0.2, -0.15) is 0 Å². The van der Waals surface area contributed by atoms with Crippen molar-refractivity contribution in [2.45, 2.75) is 27.0 Å². The van der Waals surface area contributed by atoms with Gasteiger partial charge in [-0.15, -0.1) is 0 Å². The molecule has 4 heteroatoms. The fourth-order valence-electron chi connectivity index (χ4n) is 2.12. The van der Waals surface area contributed by atoms with Crippen LogP contribution < -0.4 is 14.8 Å². The fourth-order valence-corrected chi connectivity index (χ4v) is 2.73. The third kappa shape index (κ3) is 4.49. The van der Waals surface area contributed by atoms with Crippen LogP contribution in [0.5, 0.6) is 11.5 Å². The topological polar surface area (TPSA) is 30.5 Å². The van der Waals surface area contributed by atoms with Crippen LogP contribution in [0.3, 0.4) is 0 Å². The Kier molecular flexibility index (Phi) is 6.28. The number of nitrogens with one attached hydrogen (secondary N) is 1. The molecule has 2 aromatic carbocycles. The number of benzene rings is 2. The number of rotatable bonds is 7. The van der Waals surface area contributed by atoms with E-state index in [-0.39, 0.29) is 0 Å². The van der Waals surface area contributed by atoms with Crippen molar-refractivity contribution in [3.8, 4) is 11.5 Å². The molecule has 0 saturated heterocycles. The highest BCUT2D eigenvalue weighted by molar-refractivity contribution is 9.10. The van der Waals surface area contributed by atoms with Gasteiger partial charge in [0.1, 0.15) is 6.61 Å². The van der Waals surface area contributed by atoms with E-state index in [1.165, 1.54) is 5.56 Å². The van der Waals surface area contributed by atoms with E-state index >= 15 is 0 Å². The highest BCUT2D eigenvalue weighted by atomic mass is 79.9. The van der Waals surface area contributed by atoms with Gasteiger partial charge in [0.15, 0.2) is 11.5 Å². The summed E-state index contributed by atoms with van der Waals surface area (Å²) in [5.41, 5.74) is 3.54. The van der Waals surface area contributed by atoms with Crippen molar-refractivity contribution in [3.05, 3.63) is 57.6 Å². The van der Waals surface area contributed by atoms with Gasteiger partial charge in [-0.05, 0) is 52.7 Å². The quantitative estimate of drug-likeness (QED) is 0.787. The normalized spacial score (nSPS) is 10.5. The van der Waals surface area contributed by atoms with Crippen LogP contribution in [0.15, 0.2) is 40.9 Å². The molecule has 22 heavy (non-hydrogen) atoms. The molecule has 0 aliphatic carbocycles. The first kappa shape index (κ1) is 16.8. The summed E-state index contributed by atoms with van der Waals surface area (Å²) >= 11 is 3.58. The summed E-state index contributed by atoms with van der Waals surface area (Å²) in [6.45, 7) is 6.43. The van der Waals surface area contributed by atoms with Crippen LogP contribution in [0.4, 0.5) is 0 Å². The van der Waals surface area contributed by atoms with Crippen LogP contribution in [-0.2, 0) is 13.2 Å². The zero-order valence-electron chi connectivity index (χ0n) is 13.3. The number of halogens is 1. The van der Waals surface area contributed by atoms with E-state index in [1.54, 1.807) is 7.11 Å². The van der Waals surface area contributed by atoms with Gasteiger partial charge in [0.2, 0.25) is 0 Å². The number of methoxy groups -OCH3 is 1. The number of hydrogen-bond donors (Lipinski definition) is 1. The van der Waals surface area contributed by atoms with Crippen LogP contribution in [0.1, 0.15) is 23.6 Å². The maximum atomic E-state index is 5.95. The molecule has 2 aromatic rings. The van der Waals surface area contributed by atoms with E-state index in [2.05, 4.69) is 65.4 Å². The van der Waals surface area contributed by atoms with Crippen LogP contribution in [0.2, 0.25) is 0 Å². The van der Waals surface area contributed by atoms with Crippen molar-refractivity contribution in [1.29, 1.82) is 0 Å². The molecule has 0 saturated carbocycles. The maximum Gasteiger partial charge on any atom is 0.175 e. The molecule has 3 nitrogen and oxygen atoms in total. The molecule has 0 radical (unpaired) electrons. The lowest BCUT2D eigenvalue weighted by atomic mass is 10.1. The molecule has 0 atom stereocenters. The third-order valence-corrected chi connectivity index (χ3v) is 3.96. The first-order valence-corrected chi connectivity index (χ1v) is 8.18. The molecular formula is C18H22BrNO2. The Balaban J connectivity index is 2.13. The van der Waals surface area contributed by atoms with Gasteiger partial charge in [0.05, 0.1) is 11.6 Å². The molecule has 0 aliphatic rings. The van der Waals surface area contributed by atoms with E-state index in [0.717, 1.165) is 40.2 Å². The zero-order chi connectivity index (χ0) is 15.9. The van der Waals surface area contributed by atoms with Crippen molar-refractivity contribution in [2.75, 3.05) is 13.7 Å². The van der Waals surface area contributed by atoms with Gasteiger partial charge in [-0.25, -0.2) is 0 Å². The summed E-state index contributed by atoms with van der Waals surface area (Å²) in [4.78, 5) is 0. The van der Waals surface area contributed by atoms with E-state index < -0.39 is 0 Å². The SMILES string of the molecule is CCNCc1cc(Br)c(OCc2ccc(C)cc2)c(OC)c1. The summed E-state index contributed by atoms with van der Waals surface area (Å²) in [5.74, 6) is 1.48. The summed E-state index contributed by atoms with van der Waals surface area (Å²) < 4.78 is 12.3. The Morgan fingerprint density at radius 3 is 2.45 bits per heavy atom. The summed E-state index contributed by atoms with van der Waals surface area (Å²) in [6.07, 6.45) is 0. The number of hydrogen-bond acceptors (Lipinski definition) is 3. The van der Waals surface area contributed by atoms with Gasteiger partial charge in [0.25, 0.3) is 0 Å². The van der Waals surface area contributed by atoms with E-state index in [4.69, 9.17) is 9.47 Å². The minimum absolute atomic E-state index is 0.516. The van der Waals surface area contributed by atoms with Crippen LogP contribution in [0, 0.1) is 6.92 Å². The number of aryl methyl sites for hydroxylation is 1. The van der Waals surface area contributed by atoms with E-state index in [0.29, 0.717) is 6.61 Å². The van der Waals surface area contributed by atoms with E-state index in [9.17, 15) is 0 Å². The Labute approximate surface area is 140 Å². The highest BCUT2D eigenvalue weighted by Gasteiger charge is 2.12. The van der Waals surface area contributed by atoms with Crippen molar-refractivity contribution in [3.63, 3.8) is 0 Å². The molecule has 0 unspecified atom stereocenters. The second-order valence-electron chi connectivity index (χ2n) is 5.16. The largest absolute Gasteiger partial charge is 0.493 e. The standard InChI is InChI=1S/C18H22BrNO2/c1-4-20-11-15-9-16(19)18(17(10-15)21-3)22-12-14-7-5-13(2)6-8-14/h5-10,20H,4,11-12H2,1-3H3. The molecule has 0 bridgehead atoms. The van der Waals surface area contributed by atoms with Gasteiger partial charge < -0.3 is 14.8 Å². The average molecular weight is 364 g/mol. The van der Waals surface area contributed by atoms with Crippen LogP contribution in [-0.4, -0.2) is 13.7 Å². The van der Waals surface area contributed by atoms with Crippen LogP contribution in [0.25, 0.3) is 0 Å². The molecule has 0 spiro atoms. The van der Waals surface area contributed by atoms with E-state index in [1.807, 2.05) is 6.07 Å². The zero-order valence-corrected chi connectivity index (χ0v) is 14.9. The minimum Gasteiger partial charge on any atom is -0.493 e. The smallest absolute Gasteiger partial charge is 0.175 e. The lowest BCUT2D eigenvalue weighted by Crippen LogP contribution is -2.12. The number of ether oxygens (including phenoxy) is 2. The predicted octanol–water partition coefficient (Wildman–Crippen LogP) is 4.45. The lowest BCUT2D eigenvalue weighted by Gasteiger charge is -2.15. The van der Waals surface area contributed by atoms with Crippen LogP contribution >= 0.6 is 15.9 Å². The average Bonchev–Trinajstić information content (AvgIpc) is 2.53. The molecule has 118 valence electrons. The molecule has 0 heterocycles. The molecule has 0 aromatic heterocycles. The lowest BCUT2D eigenvalue weighted by molar-refractivity contribution is 0.282. The minimum atomic E-state index is 0.516. The van der Waals surface area contributed by atoms with Gasteiger partial charge >= 0.3 is 0 Å². The first-order valence-electron chi connectivity index (χ1n) is 7.39. The Morgan fingerprint density at radius 2 is 1.82 bits per heavy atom. The highest BCUT2D eigenvalue weighted by Crippen LogP contribution is 2.37. The Bertz CT molecular complexity index is 611. The Morgan fingerprint density at radius 1 is 1.09 bits per heavy atom. The van der Waals surface area contributed by atoms with Gasteiger partial charge in [0, 0.05) is 6.54 Å². The van der Waals surface area contributed by atoms with Crippen molar-refractivity contribution < 1.29 is 9.47 Å². The molecule has 2 rings (SSSR count). The molecule has 0 aliphatic heterocycles. The fraction of sp³-hybridized carbons (Fsp3) is 0.333. The predicted molar refractivity (Wildman–Crippen MR) is 93.6 cm³/mol. The van der Waals surface area contributed by atoms with Crippen molar-refractivity contribution in [1.82, 2.24) is 5.32 Å². The summed E-state index contributed by atoms with van der Waals surface area (Å²) in [6, 6.07) is 12.4. The first-order chi connectivity index (χ1) is 10.6. The molecule has 0 amide bonds. The second kappa shape index (κ2) is 8.20. The molecule has 1 N–H and O–H groups in total. The Hall–Kier alpha value is -1.52. The third-order valence-electron chi connectivity index (χ3n) is 3.37. The molecular weight excluding hydrogens is 342 g/mol. The van der Waals surface area contributed by atoms with Gasteiger partial charge in [-0.1, -0.05) is 36.8 Å². The maximum absolute atomic E-state index is 5.95. The second-order valence-corrected chi connectivity index (χ2v) is 6.02. The van der Waals surface area contributed by atoms with Gasteiger partial charge in [-0.3, -0.25) is 0 Å². The summed E-state index contributed by atoms with van der Waals surface area (Å²) in [7, 11) is 1.66. The van der Waals surface area contributed by atoms with Crippen molar-refractivity contribution in [2.24, 2.45) is 0 Å².